The number of hydrogen-bond donors (Lipinski definition) is 1. The summed E-state index contributed by atoms with van der Waals surface area (Å²) >= 11 is 1.48. The van der Waals surface area contributed by atoms with Crippen LogP contribution in [-0.2, 0) is 21.4 Å². The molecule has 3 aromatic rings. The fourth-order valence-corrected chi connectivity index (χ4v) is 4.47. The van der Waals surface area contributed by atoms with Crippen LogP contribution in [-0.4, -0.2) is 31.4 Å². The third-order valence-corrected chi connectivity index (χ3v) is 6.44. The number of hydrazone groups is 1. The Kier molecular flexibility index (Phi) is 6.70. The third kappa shape index (κ3) is 5.35. The zero-order chi connectivity index (χ0) is 19.8. The highest BCUT2D eigenvalue weighted by molar-refractivity contribution is 7.89. The second-order valence-electron chi connectivity index (χ2n) is 5.88. The zero-order valence-corrected chi connectivity index (χ0v) is 16.6. The molecule has 0 aliphatic rings. The molecular weight excluding hydrogens is 394 g/mol. The summed E-state index contributed by atoms with van der Waals surface area (Å²) in [6.45, 7) is -0.256. The third-order valence-electron chi connectivity index (χ3n) is 3.83. The van der Waals surface area contributed by atoms with Gasteiger partial charge in [-0.1, -0.05) is 54.6 Å². The van der Waals surface area contributed by atoms with Crippen LogP contribution in [0.15, 0.2) is 88.2 Å². The van der Waals surface area contributed by atoms with Crippen molar-refractivity contribution in [3.8, 4) is 0 Å². The second-order valence-corrected chi connectivity index (χ2v) is 8.80. The molecule has 8 heteroatoms. The monoisotopic (exact) mass is 413 g/mol. The standard InChI is InChI=1S/C20H19N3O3S2/c24-20(22-21-14-18-10-7-13-27-18)16-23(15-17-8-3-1-4-9-17)28(25,26)19-11-5-2-6-12-19/h1-14H,15-16H2,(H,22,24)/b21-14-. The van der Waals surface area contributed by atoms with Gasteiger partial charge in [0.05, 0.1) is 17.7 Å². The highest BCUT2D eigenvalue weighted by Crippen LogP contribution is 2.18. The molecule has 1 heterocycles. The number of carbonyl (C=O) groups is 1. The van der Waals surface area contributed by atoms with Gasteiger partial charge in [-0.3, -0.25) is 4.79 Å². The fraction of sp³-hybridized carbons (Fsp3) is 0.100. The maximum Gasteiger partial charge on any atom is 0.255 e. The number of hydrogen-bond acceptors (Lipinski definition) is 5. The summed E-state index contributed by atoms with van der Waals surface area (Å²) in [6, 6.07) is 21.0. The topological polar surface area (TPSA) is 78.8 Å². The first kappa shape index (κ1) is 19.9. The van der Waals surface area contributed by atoms with Gasteiger partial charge in [-0.2, -0.15) is 9.41 Å². The lowest BCUT2D eigenvalue weighted by Gasteiger charge is -2.21. The molecule has 0 aliphatic heterocycles. The van der Waals surface area contributed by atoms with Gasteiger partial charge in [0.25, 0.3) is 5.91 Å². The molecule has 2 aromatic carbocycles. The Balaban J connectivity index is 1.77. The number of nitrogens with one attached hydrogen (secondary N) is 1. The highest BCUT2D eigenvalue weighted by Gasteiger charge is 2.26. The molecule has 0 bridgehead atoms. The molecule has 1 amide bonds. The SMILES string of the molecule is O=C(CN(Cc1ccccc1)S(=O)(=O)c1ccccc1)N/N=C\c1cccs1. The molecule has 0 atom stereocenters. The number of sulfonamides is 1. The smallest absolute Gasteiger partial charge is 0.255 e. The van der Waals surface area contributed by atoms with Crippen molar-refractivity contribution in [3.63, 3.8) is 0 Å². The molecule has 1 N–H and O–H groups in total. The van der Waals surface area contributed by atoms with Crippen molar-refractivity contribution in [2.75, 3.05) is 6.54 Å². The van der Waals surface area contributed by atoms with Crippen LogP contribution >= 0.6 is 11.3 Å². The summed E-state index contributed by atoms with van der Waals surface area (Å²) in [4.78, 5) is 13.3. The first-order valence-corrected chi connectivity index (χ1v) is 10.8. The summed E-state index contributed by atoms with van der Waals surface area (Å²) in [5.74, 6) is -0.511. The van der Waals surface area contributed by atoms with E-state index in [2.05, 4.69) is 10.5 Å². The summed E-state index contributed by atoms with van der Waals surface area (Å²) in [5, 5.41) is 5.79. The van der Waals surface area contributed by atoms with E-state index in [0.717, 1.165) is 14.7 Å². The van der Waals surface area contributed by atoms with E-state index in [0.29, 0.717) is 0 Å². The maximum absolute atomic E-state index is 13.0. The van der Waals surface area contributed by atoms with Crippen molar-refractivity contribution in [3.05, 3.63) is 88.6 Å². The van der Waals surface area contributed by atoms with Gasteiger partial charge in [0.2, 0.25) is 10.0 Å². The van der Waals surface area contributed by atoms with Crippen LogP contribution in [0.3, 0.4) is 0 Å². The Morgan fingerprint density at radius 3 is 2.32 bits per heavy atom. The van der Waals surface area contributed by atoms with Crippen LogP contribution < -0.4 is 5.43 Å². The molecule has 28 heavy (non-hydrogen) atoms. The highest BCUT2D eigenvalue weighted by atomic mass is 32.2. The fourth-order valence-electron chi connectivity index (χ4n) is 2.48. The Hall–Kier alpha value is -2.81. The zero-order valence-electron chi connectivity index (χ0n) is 14.9. The Bertz CT molecular complexity index is 1020. The van der Waals surface area contributed by atoms with Crippen LogP contribution in [0.5, 0.6) is 0 Å². The van der Waals surface area contributed by atoms with E-state index in [1.807, 2.05) is 47.8 Å². The molecule has 0 fully saturated rings. The van der Waals surface area contributed by atoms with Gasteiger partial charge in [-0.15, -0.1) is 11.3 Å². The molecule has 1 aromatic heterocycles. The van der Waals surface area contributed by atoms with Crippen molar-refractivity contribution in [2.24, 2.45) is 5.10 Å². The lowest BCUT2D eigenvalue weighted by molar-refractivity contribution is -0.121. The Morgan fingerprint density at radius 2 is 1.68 bits per heavy atom. The van der Waals surface area contributed by atoms with Gasteiger partial charge in [-0.25, -0.2) is 13.8 Å². The van der Waals surface area contributed by atoms with E-state index in [-0.39, 0.29) is 18.0 Å². The largest absolute Gasteiger partial charge is 0.272 e. The minimum absolute atomic E-state index is 0.0835. The minimum Gasteiger partial charge on any atom is -0.272 e. The van der Waals surface area contributed by atoms with Crippen molar-refractivity contribution >= 4 is 33.5 Å². The molecular formula is C20H19N3O3S2. The molecule has 0 aliphatic carbocycles. The van der Waals surface area contributed by atoms with Gasteiger partial charge in [0.1, 0.15) is 0 Å². The minimum atomic E-state index is -3.84. The molecule has 6 nitrogen and oxygen atoms in total. The average molecular weight is 414 g/mol. The number of nitrogens with zero attached hydrogens (tertiary/aromatic N) is 2. The van der Waals surface area contributed by atoms with E-state index >= 15 is 0 Å². The summed E-state index contributed by atoms with van der Waals surface area (Å²) in [7, 11) is -3.84. The van der Waals surface area contributed by atoms with Crippen LogP contribution in [0.4, 0.5) is 0 Å². The van der Waals surface area contributed by atoms with Crippen molar-refractivity contribution in [1.29, 1.82) is 0 Å². The first-order chi connectivity index (χ1) is 13.6. The molecule has 0 saturated heterocycles. The molecule has 3 rings (SSSR count). The van der Waals surface area contributed by atoms with E-state index in [1.54, 1.807) is 18.2 Å². The van der Waals surface area contributed by atoms with Gasteiger partial charge < -0.3 is 0 Å². The molecule has 144 valence electrons. The van der Waals surface area contributed by atoms with E-state index < -0.39 is 15.9 Å². The van der Waals surface area contributed by atoms with E-state index in [4.69, 9.17) is 0 Å². The average Bonchev–Trinajstić information content (AvgIpc) is 3.22. The number of benzene rings is 2. The lowest BCUT2D eigenvalue weighted by Crippen LogP contribution is -2.39. The van der Waals surface area contributed by atoms with Gasteiger partial charge in [0, 0.05) is 11.4 Å². The van der Waals surface area contributed by atoms with Crippen molar-refractivity contribution in [1.82, 2.24) is 9.73 Å². The van der Waals surface area contributed by atoms with Crippen molar-refractivity contribution < 1.29 is 13.2 Å². The quantitative estimate of drug-likeness (QED) is 0.455. The van der Waals surface area contributed by atoms with Crippen LogP contribution in [0, 0.1) is 0 Å². The molecule has 0 saturated carbocycles. The summed E-state index contributed by atoms with van der Waals surface area (Å²) < 4.78 is 27.2. The predicted molar refractivity (Wildman–Crippen MR) is 111 cm³/mol. The molecule has 0 radical (unpaired) electrons. The maximum atomic E-state index is 13.0. The van der Waals surface area contributed by atoms with Crippen LogP contribution in [0.2, 0.25) is 0 Å². The number of amides is 1. The van der Waals surface area contributed by atoms with E-state index in [9.17, 15) is 13.2 Å². The molecule has 0 unspecified atom stereocenters. The first-order valence-electron chi connectivity index (χ1n) is 8.50. The molecule has 0 spiro atoms. The summed E-state index contributed by atoms with van der Waals surface area (Å²) in [5.41, 5.74) is 3.18. The summed E-state index contributed by atoms with van der Waals surface area (Å²) in [6.07, 6.45) is 1.52. The number of rotatable bonds is 8. The Labute approximate surface area is 168 Å². The normalized spacial score (nSPS) is 11.8. The van der Waals surface area contributed by atoms with Gasteiger partial charge in [-0.05, 0) is 29.1 Å². The van der Waals surface area contributed by atoms with Gasteiger partial charge in [0.15, 0.2) is 0 Å². The van der Waals surface area contributed by atoms with Crippen molar-refractivity contribution in [2.45, 2.75) is 11.4 Å². The van der Waals surface area contributed by atoms with Crippen LogP contribution in [0.1, 0.15) is 10.4 Å². The Morgan fingerprint density at radius 1 is 1.00 bits per heavy atom. The predicted octanol–water partition coefficient (Wildman–Crippen LogP) is 3.09. The second kappa shape index (κ2) is 9.41. The lowest BCUT2D eigenvalue weighted by atomic mass is 10.2. The van der Waals surface area contributed by atoms with Gasteiger partial charge >= 0.3 is 0 Å². The van der Waals surface area contributed by atoms with E-state index in [1.165, 1.54) is 29.7 Å². The number of thiophene rings is 1. The number of carbonyl (C=O) groups excluding carboxylic acids is 1. The van der Waals surface area contributed by atoms with Crippen LogP contribution in [0.25, 0.3) is 0 Å².